The number of aryl methyl sites for hydroxylation is 1. The molecular formula is C15H27N3OS. The SMILES string of the molecule is CCc1nc(N2CC(C)OCC2C)sc1CNC(C)C. The summed E-state index contributed by atoms with van der Waals surface area (Å²) in [6.07, 6.45) is 1.29. The van der Waals surface area contributed by atoms with Crippen LogP contribution in [0.15, 0.2) is 0 Å². The lowest BCUT2D eigenvalue weighted by atomic mass is 10.2. The van der Waals surface area contributed by atoms with Crippen LogP contribution in [0.2, 0.25) is 0 Å². The average molecular weight is 297 g/mol. The Kier molecular flexibility index (Phi) is 5.41. The van der Waals surface area contributed by atoms with Crippen LogP contribution in [0.5, 0.6) is 0 Å². The number of nitrogens with one attached hydrogen (secondary N) is 1. The molecule has 4 nitrogen and oxygen atoms in total. The molecule has 2 unspecified atom stereocenters. The molecule has 2 rings (SSSR count). The normalized spacial score (nSPS) is 23.6. The van der Waals surface area contributed by atoms with Crippen LogP contribution >= 0.6 is 11.3 Å². The Morgan fingerprint density at radius 2 is 2.20 bits per heavy atom. The van der Waals surface area contributed by atoms with E-state index in [9.17, 15) is 0 Å². The molecule has 0 aromatic carbocycles. The van der Waals surface area contributed by atoms with Crippen molar-refractivity contribution >= 4 is 16.5 Å². The summed E-state index contributed by atoms with van der Waals surface area (Å²) in [6, 6.07) is 0.917. The van der Waals surface area contributed by atoms with E-state index < -0.39 is 0 Å². The smallest absolute Gasteiger partial charge is 0.186 e. The molecule has 114 valence electrons. The number of morpholine rings is 1. The number of anilines is 1. The molecule has 1 aromatic rings. The van der Waals surface area contributed by atoms with Crippen molar-refractivity contribution in [1.82, 2.24) is 10.3 Å². The van der Waals surface area contributed by atoms with Gasteiger partial charge < -0.3 is 15.0 Å². The Balaban J connectivity index is 2.15. The fourth-order valence-electron chi connectivity index (χ4n) is 2.37. The summed E-state index contributed by atoms with van der Waals surface area (Å²) in [5.74, 6) is 0. The van der Waals surface area contributed by atoms with E-state index in [4.69, 9.17) is 9.72 Å². The molecule has 0 saturated carbocycles. The standard InChI is InChI=1S/C15H27N3OS/c1-6-13-14(7-16-10(2)3)20-15(17-13)18-8-12(5)19-9-11(18)4/h10-12,16H,6-9H2,1-5H3. The highest BCUT2D eigenvalue weighted by Crippen LogP contribution is 2.30. The lowest BCUT2D eigenvalue weighted by molar-refractivity contribution is 0.0343. The van der Waals surface area contributed by atoms with Crippen LogP contribution in [0.4, 0.5) is 5.13 Å². The first-order valence-electron chi connectivity index (χ1n) is 7.61. The number of rotatable bonds is 5. The molecule has 1 aliphatic heterocycles. The third-order valence-electron chi connectivity index (χ3n) is 3.63. The lowest BCUT2D eigenvalue weighted by Crippen LogP contribution is -2.47. The Hall–Kier alpha value is -0.650. The summed E-state index contributed by atoms with van der Waals surface area (Å²) in [6.45, 7) is 13.5. The summed E-state index contributed by atoms with van der Waals surface area (Å²) in [5, 5.41) is 4.66. The van der Waals surface area contributed by atoms with Crippen molar-refractivity contribution in [1.29, 1.82) is 0 Å². The molecule has 1 aromatic heterocycles. The van der Waals surface area contributed by atoms with Gasteiger partial charge in [0.05, 0.1) is 24.4 Å². The summed E-state index contributed by atoms with van der Waals surface area (Å²) >= 11 is 1.84. The van der Waals surface area contributed by atoms with E-state index in [1.807, 2.05) is 11.3 Å². The molecule has 0 spiro atoms. The van der Waals surface area contributed by atoms with Crippen LogP contribution in [0, 0.1) is 0 Å². The number of hydrogen-bond acceptors (Lipinski definition) is 5. The van der Waals surface area contributed by atoms with Crippen molar-refractivity contribution < 1.29 is 4.74 Å². The zero-order chi connectivity index (χ0) is 14.7. The number of aromatic nitrogens is 1. The zero-order valence-corrected chi connectivity index (χ0v) is 14.1. The van der Waals surface area contributed by atoms with Gasteiger partial charge in [0.2, 0.25) is 0 Å². The predicted octanol–water partition coefficient (Wildman–Crippen LogP) is 2.82. The molecular weight excluding hydrogens is 270 g/mol. The van der Waals surface area contributed by atoms with Gasteiger partial charge in [-0.05, 0) is 20.3 Å². The van der Waals surface area contributed by atoms with Crippen LogP contribution in [-0.2, 0) is 17.7 Å². The van der Waals surface area contributed by atoms with Crippen LogP contribution < -0.4 is 10.2 Å². The van der Waals surface area contributed by atoms with E-state index in [1.54, 1.807) is 0 Å². The molecule has 5 heteroatoms. The highest BCUT2D eigenvalue weighted by atomic mass is 32.1. The van der Waals surface area contributed by atoms with Gasteiger partial charge in [0.25, 0.3) is 0 Å². The van der Waals surface area contributed by atoms with Gasteiger partial charge in [-0.2, -0.15) is 0 Å². The Labute approximate surface area is 126 Å². The van der Waals surface area contributed by atoms with Crippen molar-refractivity contribution in [3.8, 4) is 0 Å². The van der Waals surface area contributed by atoms with Crippen LogP contribution in [0.3, 0.4) is 0 Å². The first-order valence-corrected chi connectivity index (χ1v) is 8.43. The maximum Gasteiger partial charge on any atom is 0.186 e. The molecule has 1 fully saturated rings. The van der Waals surface area contributed by atoms with Gasteiger partial charge in [-0.1, -0.05) is 20.8 Å². The van der Waals surface area contributed by atoms with Crippen molar-refractivity contribution in [2.75, 3.05) is 18.1 Å². The molecule has 0 amide bonds. The third-order valence-corrected chi connectivity index (χ3v) is 4.76. The number of ether oxygens (including phenoxy) is 1. The van der Waals surface area contributed by atoms with E-state index in [-0.39, 0.29) is 6.10 Å². The first kappa shape index (κ1) is 15.7. The third kappa shape index (κ3) is 3.71. The number of hydrogen-bond donors (Lipinski definition) is 1. The molecule has 20 heavy (non-hydrogen) atoms. The zero-order valence-electron chi connectivity index (χ0n) is 13.3. The first-order chi connectivity index (χ1) is 9.51. The van der Waals surface area contributed by atoms with Crippen molar-refractivity contribution in [3.05, 3.63) is 10.6 Å². The monoisotopic (exact) mass is 297 g/mol. The van der Waals surface area contributed by atoms with Gasteiger partial charge in [-0.25, -0.2) is 4.98 Å². The highest BCUT2D eigenvalue weighted by molar-refractivity contribution is 7.15. The quantitative estimate of drug-likeness (QED) is 0.907. The van der Waals surface area contributed by atoms with Gasteiger partial charge in [-0.3, -0.25) is 0 Å². The van der Waals surface area contributed by atoms with Gasteiger partial charge in [-0.15, -0.1) is 11.3 Å². The predicted molar refractivity (Wildman–Crippen MR) is 85.7 cm³/mol. The highest BCUT2D eigenvalue weighted by Gasteiger charge is 2.26. The maximum atomic E-state index is 5.71. The Morgan fingerprint density at radius 1 is 1.45 bits per heavy atom. The summed E-state index contributed by atoms with van der Waals surface area (Å²) in [5.41, 5.74) is 1.24. The lowest BCUT2D eigenvalue weighted by Gasteiger charge is -2.36. The second-order valence-electron chi connectivity index (χ2n) is 5.90. The van der Waals surface area contributed by atoms with E-state index in [2.05, 4.69) is 44.8 Å². The maximum absolute atomic E-state index is 5.71. The molecule has 1 saturated heterocycles. The largest absolute Gasteiger partial charge is 0.375 e. The molecule has 0 aliphatic carbocycles. The minimum Gasteiger partial charge on any atom is -0.375 e. The summed E-state index contributed by atoms with van der Waals surface area (Å²) in [7, 11) is 0. The topological polar surface area (TPSA) is 37.4 Å². The van der Waals surface area contributed by atoms with Gasteiger partial charge in [0.15, 0.2) is 5.13 Å². The van der Waals surface area contributed by atoms with Gasteiger partial charge in [0.1, 0.15) is 0 Å². The number of thiazole rings is 1. The minimum absolute atomic E-state index is 0.289. The molecule has 0 radical (unpaired) electrons. The van der Waals surface area contributed by atoms with E-state index in [0.717, 1.165) is 31.2 Å². The molecule has 1 aliphatic rings. The second-order valence-corrected chi connectivity index (χ2v) is 6.96. The molecule has 0 bridgehead atoms. The van der Waals surface area contributed by atoms with E-state index in [0.29, 0.717) is 12.1 Å². The van der Waals surface area contributed by atoms with Crippen molar-refractivity contribution in [3.63, 3.8) is 0 Å². The fourth-order valence-corrected chi connectivity index (χ4v) is 3.58. The molecule has 2 atom stereocenters. The summed E-state index contributed by atoms with van der Waals surface area (Å²) < 4.78 is 5.71. The fraction of sp³-hybridized carbons (Fsp3) is 0.800. The van der Waals surface area contributed by atoms with Crippen molar-refractivity contribution in [2.24, 2.45) is 0 Å². The van der Waals surface area contributed by atoms with E-state index in [1.165, 1.54) is 10.6 Å². The van der Waals surface area contributed by atoms with Gasteiger partial charge >= 0.3 is 0 Å². The molecule has 2 heterocycles. The number of nitrogens with zero attached hydrogens (tertiary/aromatic N) is 2. The second kappa shape index (κ2) is 6.87. The Bertz CT molecular complexity index is 433. The van der Waals surface area contributed by atoms with E-state index >= 15 is 0 Å². The minimum atomic E-state index is 0.289. The summed E-state index contributed by atoms with van der Waals surface area (Å²) in [4.78, 5) is 8.64. The van der Waals surface area contributed by atoms with Crippen LogP contribution in [-0.4, -0.2) is 36.3 Å². The van der Waals surface area contributed by atoms with Crippen LogP contribution in [0.1, 0.15) is 45.2 Å². The Morgan fingerprint density at radius 3 is 2.85 bits per heavy atom. The van der Waals surface area contributed by atoms with Crippen molar-refractivity contribution in [2.45, 2.75) is 65.8 Å². The van der Waals surface area contributed by atoms with Gasteiger partial charge in [0, 0.05) is 24.0 Å². The molecule has 1 N–H and O–H groups in total. The van der Waals surface area contributed by atoms with Crippen LogP contribution in [0.25, 0.3) is 0 Å². The average Bonchev–Trinajstić information content (AvgIpc) is 2.82.